The van der Waals surface area contributed by atoms with Gasteiger partial charge in [-0.2, -0.15) is 0 Å². The highest BCUT2D eigenvalue weighted by Gasteiger charge is 2.09. The number of carbonyl (C=O) groups excluding carboxylic acids is 1. The first kappa shape index (κ1) is 25.2. The highest BCUT2D eigenvalue weighted by molar-refractivity contribution is 7.14. The van der Waals surface area contributed by atoms with E-state index >= 15 is 0 Å². The maximum atomic E-state index is 12.5. The Bertz CT molecular complexity index is 1310. The SMILES string of the molecule is COc1cc(C=CC(=O)Nc2nc(-c3ccc(-c4ccccc4)cc3)cs2)ccc1OCCC(C)C. The molecule has 4 aromatic rings. The zero-order valence-corrected chi connectivity index (χ0v) is 21.5. The topological polar surface area (TPSA) is 60.5 Å². The van der Waals surface area contributed by atoms with Crippen LogP contribution in [0.3, 0.4) is 0 Å². The number of thiazole rings is 1. The van der Waals surface area contributed by atoms with Crippen LogP contribution in [0, 0.1) is 5.92 Å². The van der Waals surface area contributed by atoms with E-state index < -0.39 is 0 Å². The summed E-state index contributed by atoms with van der Waals surface area (Å²) in [5.41, 5.74) is 5.01. The molecule has 0 aliphatic carbocycles. The van der Waals surface area contributed by atoms with Crippen LogP contribution in [0.5, 0.6) is 11.5 Å². The third-order valence-electron chi connectivity index (χ3n) is 5.59. The molecule has 0 aliphatic rings. The van der Waals surface area contributed by atoms with Gasteiger partial charge >= 0.3 is 0 Å². The van der Waals surface area contributed by atoms with Gasteiger partial charge in [-0.3, -0.25) is 10.1 Å². The summed E-state index contributed by atoms with van der Waals surface area (Å²) in [5, 5.41) is 5.34. The van der Waals surface area contributed by atoms with Crippen LogP contribution < -0.4 is 14.8 Å². The van der Waals surface area contributed by atoms with E-state index in [0.717, 1.165) is 28.8 Å². The fourth-order valence-corrected chi connectivity index (χ4v) is 4.28. The van der Waals surface area contributed by atoms with E-state index in [1.165, 1.54) is 23.0 Å². The number of hydrogen-bond donors (Lipinski definition) is 1. The van der Waals surface area contributed by atoms with Crippen LogP contribution in [0.15, 0.2) is 84.3 Å². The molecule has 0 fully saturated rings. The van der Waals surface area contributed by atoms with Crippen LogP contribution in [0.1, 0.15) is 25.8 Å². The van der Waals surface area contributed by atoms with Crippen molar-refractivity contribution in [3.05, 3.63) is 89.8 Å². The number of anilines is 1. The van der Waals surface area contributed by atoms with Crippen molar-refractivity contribution in [1.29, 1.82) is 0 Å². The molecule has 4 rings (SSSR count). The molecule has 1 aromatic heterocycles. The molecular weight excluding hydrogens is 468 g/mol. The van der Waals surface area contributed by atoms with E-state index in [1.54, 1.807) is 13.2 Å². The minimum Gasteiger partial charge on any atom is -0.493 e. The molecule has 3 aromatic carbocycles. The van der Waals surface area contributed by atoms with Crippen molar-refractivity contribution in [3.8, 4) is 33.9 Å². The molecule has 36 heavy (non-hydrogen) atoms. The average Bonchev–Trinajstić information content (AvgIpc) is 3.36. The standard InChI is InChI=1S/C30H30N2O3S/c1-21(2)17-18-35-27-15-9-22(19-28(27)34-3)10-16-29(33)32-30-31-26(20-36-30)25-13-11-24(12-14-25)23-7-5-4-6-8-23/h4-16,19-21H,17-18H2,1-3H3,(H,31,32,33). The first-order valence-electron chi connectivity index (χ1n) is 11.9. The number of methoxy groups -OCH3 is 1. The summed E-state index contributed by atoms with van der Waals surface area (Å²) in [6.07, 6.45) is 4.21. The summed E-state index contributed by atoms with van der Waals surface area (Å²) >= 11 is 1.40. The molecule has 0 saturated carbocycles. The Morgan fingerprint density at radius 2 is 1.69 bits per heavy atom. The fourth-order valence-electron chi connectivity index (χ4n) is 3.56. The summed E-state index contributed by atoms with van der Waals surface area (Å²) in [7, 11) is 1.61. The third kappa shape index (κ3) is 6.83. The number of nitrogens with one attached hydrogen (secondary N) is 1. The molecule has 0 unspecified atom stereocenters. The number of nitrogens with zero attached hydrogens (tertiary/aromatic N) is 1. The smallest absolute Gasteiger partial charge is 0.250 e. The van der Waals surface area contributed by atoms with E-state index in [9.17, 15) is 4.79 Å². The second-order valence-corrected chi connectivity index (χ2v) is 9.60. The summed E-state index contributed by atoms with van der Waals surface area (Å²) in [6, 6.07) is 24.1. The van der Waals surface area contributed by atoms with Crippen LogP contribution in [-0.2, 0) is 4.79 Å². The van der Waals surface area contributed by atoms with Gasteiger partial charge in [-0.1, -0.05) is 74.5 Å². The molecule has 0 saturated heterocycles. The van der Waals surface area contributed by atoms with Crippen LogP contribution in [0.25, 0.3) is 28.5 Å². The summed E-state index contributed by atoms with van der Waals surface area (Å²) in [5.74, 6) is 1.67. The minimum atomic E-state index is -0.244. The Balaban J connectivity index is 1.35. The number of benzene rings is 3. The number of rotatable bonds is 10. The van der Waals surface area contributed by atoms with Crippen molar-refractivity contribution < 1.29 is 14.3 Å². The van der Waals surface area contributed by atoms with Crippen molar-refractivity contribution in [3.63, 3.8) is 0 Å². The quantitative estimate of drug-likeness (QED) is 0.229. The van der Waals surface area contributed by atoms with Crippen molar-refractivity contribution in [2.45, 2.75) is 20.3 Å². The zero-order chi connectivity index (χ0) is 25.3. The molecule has 6 heteroatoms. The summed E-state index contributed by atoms with van der Waals surface area (Å²) in [4.78, 5) is 17.0. The molecule has 5 nitrogen and oxygen atoms in total. The van der Waals surface area contributed by atoms with Crippen molar-refractivity contribution in [2.75, 3.05) is 19.0 Å². The third-order valence-corrected chi connectivity index (χ3v) is 6.35. The van der Waals surface area contributed by atoms with Gasteiger partial charge < -0.3 is 9.47 Å². The lowest BCUT2D eigenvalue weighted by Gasteiger charge is -2.12. The zero-order valence-electron chi connectivity index (χ0n) is 20.7. The highest BCUT2D eigenvalue weighted by atomic mass is 32.1. The molecular formula is C30H30N2O3S. The number of carbonyl (C=O) groups is 1. The largest absolute Gasteiger partial charge is 0.493 e. The Kier molecular flexibility index (Phi) is 8.53. The molecule has 0 spiro atoms. The van der Waals surface area contributed by atoms with Crippen LogP contribution in [-0.4, -0.2) is 24.6 Å². The Labute approximate surface area is 216 Å². The molecule has 0 atom stereocenters. The van der Waals surface area contributed by atoms with Gasteiger partial charge in [0, 0.05) is 17.0 Å². The van der Waals surface area contributed by atoms with E-state index in [-0.39, 0.29) is 5.91 Å². The van der Waals surface area contributed by atoms with Gasteiger partial charge in [0.05, 0.1) is 19.4 Å². The van der Waals surface area contributed by atoms with Crippen LogP contribution in [0.4, 0.5) is 5.13 Å². The number of amides is 1. The fraction of sp³-hybridized carbons (Fsp3) is 0.200. The lowest BCUT2D eigenvalue weighted by atomic mass is 10.0. The summed E-state index contributed by atoms with van der Waals surface area (Å²) < 4.78 is 11.3. The van der Waals surface area contributed by atoms with Gasteiger partial charge in [0.15, 0.2) is 16.6 Å². The van der Waals surface area contributed by atoms with Crippen LogP contribution in [0.2, 0.25) is 0 Å². The van der Waals surface area contributed by atoms with Crippen molar-refractivity contribution >= 4 is 28.5 Å². The Morgan fingerprint density at radius 1 is 0.972 bits per heavy atom. The maximum Gasteiger partial charge on any atom is 0.250 e. The van der Waals surface area contributed by atoms with Gasteiger partial charge in [0.25, 0.3) is 0 Å². The van der Waals surface area contributed by atoms with E-state index in [2.05, 4.69) is 48.4 Å². The molecule has 0 aliphatic heterocycles. The maximum absolute atomic E-state index is 12.5. The van der Waals surface area contributed by atoms with E-state index in [0.29, 0.717) is 29.2 Å². The van der Waals surface area contributed by atoms with Gasteiger partial charge in [0.2, 0.25) is 5.91 Å². The molecule has 0 radical (unpaired) electrons. The van der Waals surface area contributed by atoms with E-state index in [1.807, 2.05) is 53.9 Å². The number of hydrogen-bond acceptors (Lipinski definition) is 5. The van der Waals surface area contributed by atoms with E-state index in [4.69, 9.17) is 9.47 Å². The molecule has 1 heterocycles. The normalized spacial score (nSPS) is 11.1. The van der Waals surface area contributed by atoms with Crippen molar-refractivity contribution in [1.82, 2.24) is 4.98 Å². The lowest BCUT2D eigenvalue weighted by molar-refractivity contribution is -0.111. The predicted molar refractivity (Wildman–Crippen MR) is 149 cm³/mol. The Hall–Kier alpha value is -3.90. The van der Waals surface area contributed by atoms with Crippen molar-refractivity contribution in [2.24, 2.45) is 5.92 Å². The van der Waals surface area contributed by atoms with Gasteiger partial charge in [-0.15, -0.1) is 11.3 Å². The van der Waals surface area contributed by atoms with Crippen LogP contribution >= 0.6 is 11.3 Å². The minimum absolute atomic E-state index is 0.244. The highest BCUT2D eigenvalue weighted by Crippen LogP contribution is 2.30. The first-order valence-corrected chi connectivity index (χ1v) is 12.8. The molecule has 0 bridgehead atoms. The number of ether oxygens (including phenoxy) is 2. The molecule has 184 valence electrons. The number of aromatic nitrogens is 1. The predicted octanol–water partition coefficient (Wildman–Crippen LogP) is 7.56. The lowest BCUT2D eigenvalue weighted by Crippen LogP contribution is -2.07. The average molecular weight is 499 g/mol. The first-order chi connectivity index (χ1) is 17.5. The van der Waals surface area contributed by atoms with Gasteiger partial charge in [-0.05, 0) is 47.2 Å². The van der Waals surface area contributed by atoms with Gasteiger partial charge in [0.1, 0.15) is 0 Å². The Morgan fingerprint density at radius 3 is 2.42 bits per heavy atom. The molecule has 1 amide bonds. The van der Waals surface area contributed by atoms with Gasteiger partial charge in [-0.25, -0.2) is 4.98 Å². The second-order valence-electron chi connectivity index (χ2n) is 8.75. The monoisotopic (exact) mass is 498 g/mol. The molecule has 1 N–H and O–H groups in total. The second kappa shape index (κ2) is 12.2. The summed E-state index contributed by atoms with van der Waals surface area (Å²) in [6.45, 7) is 4.96.